The number of rotatable bonds is 4. The molecule has 108 valence electrons. The molecule has 0 aliphatic carbocycles. The van der Waals surface area contributed by atoms with Crippen LogP contribution in [0, 0.1) is 11.8 Å². The fourth-order valence-electron chi connectivity index (χ4n) is 2.60. The average Bonchev–Trinajstić information content (AvgIpc) is 2.79. The Labute approximate surface area is 113 Å². The molecule has 0 saturated carbocycles. The molecule has 2 rings (SSSR count). The molecule has 0 aromatic rings. The topological polar surface area (TPSA) is 70.1 Å². The molecule has 0 radical (unpaired) electrons. The lowest BCUT2D eigenvalue weighted by molar-refractivity contribution is -0.144. The van der Waals surface area contributed by atoms with E-state index < -0.39 is 5.97 Å². The Hall–Kier alpha value is -1.30. The molecule has 0 spiro atoms. The molecule has 0 aromatic carbocycles. The third kappa shape index (κ3) is 3.18. The first-order valence-corrected chi connectivity index (χ1v) is 6.83. The van der Waals surface area contributed by atoms with Crippen LogP contribution in [0.5, 0.6) is 0 Å². The predicted octanol–water partition coefficient (Wildman–Crippen LogP) is 0.870. The van der Waals surface area contributed by atoms with Crippen molar-refractivity contribution in [2.75, 3.05) is 33.3 Å². The molecule has 2 aliphatic rings. The fourth-order valence-corrected chi connectivity index (χ4v) is 2.60. The Kier molecular flexibility index (Phi) is 4.29. The molecular weight excluding hydrogens is 248 g/mol. The van der Waals surface area contributed by atoms with E-state index in [1.807, 2.05) is 0 Å². The normalized spacial score (nSPS) is 24.9. The van der Waals surface area contributed by atoms with E-state index in [9.17, 15) is 9.59 Å². The summed E-state index contributed by atoms with van der Waals surface area (Å²) in [5.41, 5.74) is 0. The van der Waals surface area contributed by atoms with Gasteiger partial charge in [0.05, 0.1) is 12.0 Å². The number of hydrogen-bond donors (Lipinski definition) is 1. The number of nitrogens with zero attached hydrogens (tertiary/aromatic N) is 2. The Morgan fingerprint density at radius 3 is 2.68 bits per heavy atom. The summed E-state index contributed by atoms with van der Waals surface area (Å²) in [6.45, 7) is 4.19. The number of carbonyl (C=O) groups is 2. The molecule has 2 heterocycles. The van der Waals surface area contributed by atoms with Crippen LogP contribution in [0.1, 0.15) is 19.8 Å². The first-order valence-electron chi connectivity index (χ1n) is 6.83. The minimum absolute atomic E-state index is 0.0238. The lowest BCUT2D eigenvalue weighted by atomic mass is 9.87. The van der Waals surface area contributed by atoms with Crippen molar-refractivity contribution in [1.29, 1.82) is 0 Å². The minimum atomic E-state index is -0.787. The number of amides is 2. The summed E-state index contributed by atoms with van der Waals surface area (Å²) in [6.07, 6.45) is 2.23. The smallest absolute Gasteiger partial charge is 0.319 e. The Morgan fingerprint density at radius 2 is 2.16 bits per heavy atom. The first-order chi connectivity index (χ1) is 8.99. The van der Waals surface area contributed by atoms with E-state index in [0.29, 0.717) is 19.6 Å². The average molecular weight is 270 g/mol. The molecule has 2 saturated heterocycles. The molecule has 2 fully saturated rings. The summed E-state index contributed by atoms with van der Waals surface area (Å²) in [6, 6.07) is -0.0238. The Morgan fingerprint density at radius 1 is 1.47 bits per heavy atom. The van der Waals surface area contributed by atoms with Crippen molar-refractivity contribution in [1.82, 2.24) is 9.80 Å². The van der Waals surface area contributed by atoms with Crippen molar-refractivity contribution >= 4 is 12.0 Å². The van der Waals surface area contributed by atoms with E-state index in [1.54, 1.807) is 23.8 Å². The van der Waals surface area contributed by atoms with Gasteiger partial charge in [0.25, 0.3) is 0 Å². The number of carboxylic acid groups (broad SMARTS) is 1. The van der Waals surface area contributed by atoms with Crippen LogP contribution in [0.25, 0.3) is 0 Å². The molecule has 1 N–H and O–H groups in total. The molecular formula is C13H22N2O4. The van der Waals surface area contributed by atoms with Gasteiger partial charge in [-0.05, 0) is 12.8 Å². The van der Waals surface area contributed by atoms with Crippen LogP contribution < -0.4 is 0 Å². The Bertz CT molecular complexity index is 349. The van der Waals surface area contributed by atoms with Crippen LogP contribution in [-0.2, 0) is 9.53 Å². The molecule has 2 aliphatic heterocycles. The number of likely N-dealkylation sites (tertiary alicyclic amines) is 1. The number of hydrogen-bond acceptors (Lipinski definition) is 3. The fraction of sp³-hybridized carbons (Fsp3) is 0.846. The largest absolute Gasteiger partial charge is 0.481 e. The molecule has 19 heavy (non-hydrogen) atoms. The number of carbonyl (C=O) groups excluding carboxylic acids is 1. The second-order valence-electron chi connectivity index (χ2n) is 5.59. The SMILES string of the molecule is CC(C(=O)O)C1CN(C(=O)N(C)CC2CCCO2)C1. The zero-order valence-corrected chi connectivity index (χ0v) is 11.5. The highest BCUT2D eigenvalue weighted by Crippen LogP contribution is 2.25. The number of likely N-dealkylation sites (N-methyl/N-ethyl adjacent to an activating group) is 1. The highest BCUT2D eigenvalue weighted by molar-refractivity contribution is 5.76. The first kappa shape index (κ1) is 14.1. The van der Waals surface area contributed by atoms with Gasteiger partial charge in [-0.1, -0.05) is 6.92 Å². The third-order valence-electron chi connectivity index (χ3n) is 4.10. The van der Waals surface area contributed by atoms with E-state index in [2.05, 4.69) is 0 Å². The highest BCUT2D eigenvalue weighted by atomic mass is 16.5. The maximum absolute atomic E-state index is 12.1. The zero-order valence-electron chi connectivity index (χ0n) is 11.5. The van der Waals surface area contributed by atoms with E-state index in [1.165, 1.54) is 0 Å². The summed E-state index contributed by atoms with van der Waals surface area (Å²) in [4.78, 5) is 26.3. The van der Waals surface area contributed by atoms with Crippen molar-refractivity contribution in [2.45, 2.75) is 25.9 Å². The molecule has 2 unspecified atom stereocenters. The van der Waals surface area contributed by atoms with Crippen LogP contribution in [0.2, 0.25) is 0 Å². The van der Waals surface area contributed by atoms with Crippen molar-refractivity contribution in [3.8, 4) is 0 Å². The number of urea groups is 1. The molecule has 0 bridgehead atoms. The minimum Gasteiger partial charge on any atom is -0.481 e. The molecule has 2 amide bonds. The van der Waals surface area contributed by atoms with Gasteiger partial charge in [0.15, 0.2) is 0 Å². The summed E-state index contributed by atoms with van der Waals surface area (Å²) in [5.74, 6) is -1.09. The number of carboxylic acids is 1. The molecule has 2 atom stereocenters. The lowest BCUT2D eigenvalue weighted by Crippen LogP contribution is -2.57. The van der Waals surface area contributed by atoms with E-state index in [4.69, 9.17) is 9.84 Å². The third-order valence-corrected chi connectivity index (χ3v) is 4.10. The number of ether oxygens (including phenoxy) is 1. The monoisotopic (exact) mass is 270 g/mol. The van der Waals surface area contributed by atoms with Crippen molar-refractivity contribution in [3.63, 3.8) is 0 Å². The molecule has 6 nitrogen and oxygen atoms in total. The second kappa shape index (κ2) is 5.77. The predicted molar refractivity (Wildman–Crippen MR) is 68.9 cm³/mol. The number of aliphatic carboxylic acids is 1. The maximum atomic E-state index is 12.1. The molecule has 0 aromatic heterocycles. The van der Waals surface area contributed by atoms with Gasteiger partial charge in [0.1, 0.15) is 0 Å². The van der Waals surface area contributed by atoms with E-state index in [0.717, 1.165) is 19.4 Å². The van der Waals surface area contributed by atoms with Gasteiger partial charge < -0.3 is 19.6 Å². The zero-order chi connectivity index (χ0) is 14.0. The summed E-state index contributed by atoms with van der Waals surface area (Å²) in [7, 11) is 1.78. The van der Waals surface area contributed by atoms with Gasteiger partial charge in [0.2, 0.25) is 0 Å². The van der Waals surface area contributed by atoms with Gasteiger partial charge in [-0.3, -0.25) is 4.79 Å². The highest BCUT2D eigenvalue weighted by Gasteiger charge is 2.38. The summed E-state index contributed by atoms with van der Waals surface area (Å²) >= 11 is 0. The quantitative estimate of drug-likeness (QED) is 0.823. The van der Waals surface area contributed by atoms with Crippen LogP contribution in [0.4, 0.5) is 4.79 Å². The van der Waals surface area contributed by atoms with Crippen molar-refractivity contribution in [3.05, 3.63) is 0 Å². The van der Waals surface area contributed by atoms with E-state index in [-0.39, 0.29) is 24.0 Å². The van der Waals surface area contributed by atoms with Gasteiger partial charge in [-0.15, -0.1) is 0 Å². The van der Waals surface area contributed by atoms with Gasteiger partial charge >= 0.3 is 12.0 Å². The van der Waals surface area contributed by atoms with Crippen LogP contribution in [-0.4, -0.2) is 66.3 Å². The second-order valence-corrected chi connectivity index (χ2v) is 5.59. The molecule has 6 heteroatoms. The van der Waals surface area contributed by atoms with Crippen molar-refractivity contribution in [2.24, 2.45) is 11.8 Å². The van der Waals surface area contributed by atoms with E-state index >= 15 is 0 Å². The van der Waals surface area contributed by atoms with Gasteiger partial charge in [0, 0.05) is 39.2 Å². The Balaban J connectivity index is 1.74. The maximum Gasteiger partial charge on any atom is 0.319 e. The summed E-state index contributed by atoms with van der Waals surface area (Å²) < 4.78 is 5.51. The van der Waals surface area contributed by atoms with Crippen molar-refractivity contribution < 1.29 is 19.4 Å². The van der Waals surface area contributed by atoms with Gasteiger partial charge in [-0.2, -0.15) is 0 Å². The van der Waals surface area contributed by atoms with Crippen LogP contribution in [0.15, 0.2) is 0 Å². The lowest BCUT2D eigenvalue weighted by Gasteiger charge is -2.43. The standard InChI is InChI=1S/C13H22N2O4/c1-9(12(16)17)10-6-15(7-10)13(18)14(2)8-11-4-3-5-19-11/h9-11H,3-8H2,1-2H3,(H,16,17). The van der Waals surface area contributed by atoms with Crippen LogP contribution >= 0.6 is 0 Å². The van der Waals surface area contributed by atoms with Crippen LogP contribution in [0.3, 0.4) is 0 Å². The summed E-state index contributed by atoms with van der Waals surface area (Å²) in [5, 5.41) is 8.91. The van der Waals surface area contributed by atoms with Gasteiger partial charge in [-0.25, -0.2) is 4.79 Å².